The van der Waals surface area contributed by atoms with E-state index in [1.807, 2.05) is 75.9 Å². The predicted molar refractivity (Wildman–Crippen MR) is 447 cm³/mol. The number of hydrogen-bond donors (Lipinski definition) is 6. The molecule has 7 saturated heterocycles. The van der Waals surface area contributed by atoms with Crippen LogP contribution < -0.4 is 26.2 Å². The fourth-order valence-corrected chi connectivity index (χ4v) is 20.2. The topological polar surface area (TPSA) is 408 Å². The Hall–Kier alpha value is -10.2. The van der Waals surface area contributed by atoms with Crippen molar-refractivity contribution >= 4 is 98.0 Å². The van der Waals surface area contributed by atoms with Crippen LogP contribution in [-0.4, -0.2) is 291 Å². The van der Waals surface area contributed by atoms with Crippen molar-refractivity contribution in [3.8, 4) is 5.75 Å². The number of Topliss-reactive ketones (excluding diaryl/α,β-unsaturated/α-hetero) is 2. The van der Waals surface area contributed by atoms with Gasteiger partial charge in [0.2, 0.25) is 41.3 Å². The number of oxazole rings is 1. The lowest BCUT2D eigenvalue weighted by Gasteiger charge is -2.45. The van der Waals surface area contributed by atoms with Gasteiger partial charge in [-0.15, -0.1) is 0 Å². The van der Waals surface area contributed by atoms with E-state index >= 15 is 14.4 Å². The lowest BCUT2D eigenvalue weighted by Crippen LogP contribution is -2.61. The van der Waals surface area contributed by atoms with Crippen LogP contribution in [0, 0.1) is 17.8 Å². The smallest absolute Gasteiger partial charge is 0.333 e. The zero-order valence-corrected chi connectivity index (χ0v) is 71.8. The highest BCUT2D eigenvalue weighted by Crippen LogP contribution is 2.39. The maximum Gasteiger partial charge on any atom is 0.333 e. The Bertz CT molecular complexity index is 4570. The molecule has 0 spiro atoms. The maximum atomic E-state index is 15.8. The molecule has 2 aromatic carbocycles. The summed E-state index contributed by atoms with van der Waals surface area (Å²) < 4.78 is 44.9. The van der Waals surface area contributed by atoms with Crippen LogP contribution in [0.3, 0.4) is 0 Å². The van der Waals surface area contributed by atoms with Crippen LogP contribution in [0.2, 0.25) is 0 Å². The number of ether oxygens (including phenoxy) is 2. The summed E-state index contributed by atoms with van der Waals surface area (Å²) in [5.74, 6) is -8.93. The minimum atomic E-state index is -3.87. The number of anilines is 1. The van der Waals surface area contributed by atoms with Gasteiger partial charge in [-0.3, -0.25) is 47.9 Å². The number of hydrogen-bond acceptors (Lipinski definition) is 25. The number of cyclic esters (lactones) is 2. The van der Waals surface area contributed by atoms with E-state index in [0.717, 1.165) is 49.3 Å². The van der Waals surface area contributed by atoms with Gasteiger partial charge in [-0.05, 0) is 132 Å². The van der Waals surface area contributed by atoms with Crippen LogP contribution in [0.4, 0.5) is 5.69 Å². The Balaban J connectivity index is 0.000000274. The molecule has 8 aliphatic heterocycles. The normalized spacial score (nSPS) is 29.0. The SMILES string of the molecule is CCN(CC)CCS(=O)(=O)[C@@H]1CCN2C(=O)c3coc(n3)CC(=O)C[C@H](O)/C=C(C)/C=C\CNC(=O)/C=C/[C@@H](C)[C@H](C(C)C)OC(=O)[C@@H]12.CC[C@H]1NC(=O)[C@@H](NC(=O)c2ncccc2O)[C@@H](C)OC(=O)[C@H](c2ccccc2)NC(=O)[C@@H]2CC(=O)[C@H](CS[C@@H]3CN4CCC3CC4)N2C(=O)[C@H](Cc2ccc(N(C)C)cc2)N(C)C(=O)[C@@H]2CCCN2C1=O. The number of rotatable bonds is 17. The molecule has 0 saturated carbocycles. The molecule has 32 nitrogen and oxygen atoms in total. The molecule has 2 aromatic heterocycles. The Morgan fingerprint density at radius 2 is 1.51 bits per heavy atom. The van der Waals surface area contributed by atoms with E-state index in [2.05, 4.69) is 36.1 Å². The molecule has 650 valence electrons. The number of amides is 8. The van der Waals surface area contributed by atoms with E-state index in [1.165, 1.54) is 59.2 Å². The number of esters is 2. The minimum Gasteiger partial charge on any atom is -0.505 e. The van der Waals surface area contributed by atoms with Crippen LogP contribution in [0.25, 0.3) is 0 Å². The van der Waals surface area contributed by atoms with Gasteiger partial charge in [-0.1, -0.05) is 114 Å². The standard InChI is InChI=1S/C52H65N9O10S.C34H50N4O9S/c1-6-35-49(67)60-23-11-14-36(60)50(68)58(5)38(26-31-16-18-34(19-17-31)57(3)4)51(69)61-37(27-41(63)39(61)29-72-42-28-59-24-20-32(42)21-25-59)46(64)56-44(33-12-8-7-9-13-33)52(70)71-30(2)43(47(65)54-35)55-48(66)45-40(62)15-10-22-53-45;1-7-37(8-2)16-17-48(44,45)28-13-15-38-31(28)34(43)47-32(22(3)4)24(6)11-12-29(41)35-14-9-10-23(5)18-25(39)19-26(40)20-30-36-27(21-46-30)33(38)42/h7-10,12-13,15-19,22,30,32,35-39,42-44,62H,6,11,14,20-21,23-29H2,1-5H3,(H,54,65)(H,55,66)(H,56,64);9-12,18,21-22,24-25,28,31-32,39H,7-8,13-17,19-20H2,1-6H3,(H,35,41)/b;10-9-,12-11+,23-18+/t30-,35-,36+,37+,38+,39+,42-,43+,44+;24-,25-,28-,31-,32+/m11/s1. The van der Waals surface area contributed by atoms with Crippen molar-refractivity contribution in [2.24, 2.45) is 17.8 Å². The van der Waals surface area contributed by atoms with E-state index in [4.69, 9.17) is 13.9 Å². The van der Waals surface area contributed by atoms with Gasteiger partial charge in [-0.2, -0.15) is 11.8 Å². The molecule has 14 atom stereocenters. The number of allylic oxidation sites excluding steroid dienone is 2. The minimum absolute atomic E-state index is 0.00187. The zero-order chi connectivity index (χ0) is 87.0. The summed E-state index contributed by atoms with van der Waals surface area (Å²) in [4.78, 5) is 190. The Kier molecular flexibility index (Phi) is 32.2. The number of piperidine rings is 3. The number of benzene rings is 2. The maximum absolute atomic E-state index is 15.8. The number of likely N-dealkylation sites (N-methyl/N-ethyl adjacent to an activating group) is 1. The number of pyridine rings is 1. The van der Waals surface area contributed by atoms with Gasteiger partial charge in [0.1, 0.15) is 72.3 Å². The Morgan fingerprint density at radius 3 is 2.17 bits per heavy atom. The highest BCUT2D eigenvalue weighted by Gasteiger charge is 2.54. The largest absolute Gasteiger partial charge is 0.505 e. The molecule has 0 radical (unpaired) electrons. The third-order valence-electron chi connectivity index (χ3n) is 23.5. The highest BCUT2D eigenvalue weighted by atomic mass is 32.2. The van der Waals surface area contributed by atoms with Crippen LogP contribution in [-0.2, 0) is 80.1 Å². The number of carbonyl (C=O) groups is 12. The second-order valence-electron chi connectivity index (χ2n) is 32.4. The molecule has 6 N–H and O–H groups in total. The van der Waals surface area contributed by atoms with E-state index in [-0.39, 0.29) is 128 Å². The number of sulfone groups is 1. The van der Waals surface area contributed by atoms with Crippen molar-refractivity contribution in [3.05, 3.63) is 144 Å². The highest BCUT2D eigenvalue weighted by molar-refractivity contribution is 8.00. The lowest BCUT2D eigenvalue weighted by atomic mass is 9.88. The average Bonchev–Trinajstić information content (AvgIpc) is 1.61. The van der Waals surface area contributed by atoms with Gasteiger partial charge >= 0.3 is 11.9 Å². The number of thioether (sulfide) groups is 1. The first-order valence-corrected chi connectivity index (χ1v) is 44.2. The van der Waals surface area contributed by atoms with Crippen molar-refractivity contribution in [1.29, 1.82) is 0 Å². The monoisotopic (exact) mass is 1700 g/mol. The predicted octanol–water partition coefficient (Wildman–Crippen LogP) is 4.35. The summed E-state index contributed by atoms with van der Waals surface area (Å²) in [7, 11) is 1.43. The summed E-state index contributed by atoms with van der Waals surface area (Å²) in [6.45, 7) is 18.9. The second-order valence-corrected chi connectivity index (χ2v) is 36.0. The molecule has 120 heavy (non-hydrogen) atoms. The van der Waals surface area contributed by atoms with Crippen molar-refractivity contribution < 1.29 is 90.1 Å². The summed E-state index contributed by atoms with van der Waals surface area (Å²) in [6.07, 6.45) is 8.93. The first-order valence-electron chi connectivity index (χ1n) is 41.4. The number of aliphatic hydroxyl groups is 1. The average molecular weight is 1700 g/mol. The fraction of sp³-hybridized carbons (Fsp3) is 0.558. The van der Waals surface area contributed by atoms with Gasteiger partial charge in [-0.25, -0.2) is 28.0 Å². The van der Waals surface area contributed by atoms with E-state index in [9.17, 15) is 61.8 Å². The molecule has 0 unspecified atom stereocenters. The molecule has 4 aromatic rings. The van der Waals surface area contributed by atoms with Gasteiger partial charge in [0.25, 0.3) is 11.8 Å². The molecular weight excluding hydrogens is 1580 g/mol. The first-order chi connectivity index (χ1) is 57.2. The molecule has 8 amide bonds. The number of aliphatic hydroxyl groups excluding tert-OH is 1. The van der Waals surface area contributed by atoms with Crippen LogP contribution in [0.1, 0.15) is 151 Å². The lowest BCUT2D eigenvalue weighted by molar-refractivity contribution is -0.158. The summed E-state index contributed by atoms with van der Waals surface area (Å²) in [5.41, 5.74) is 1.97. The quantitative estimate of drug-likeness (QED) is 0.0800. The van der Waals surface area contributed by atoms with Gasteiger partial charge in [0, 0.05) is 102 Å². The molecule has 12 rings (SSSR count). The number of aromatic hydroxyl groups is 1. The van der Waals surface area contributed by atoms with Crippen LogP contribution in [0.15, 0.2) is 120 Å². The van der Waals surface area contributed by atoms with Crippen LogP contribution in [0.5, 0.6) is 5.75 Å². The number of nitrogens with zero attached hydrogens (tertiary/aromatic N) is 9. The first kappa shape index (κ1) is 92.1. The molecule has 7 fully saturated rings. The van der Waals surface area contributed by atoms with E-state index in [0.29, 0.717) is 36.6 Å². The zero-order valence-electron chi connectivity index (χ0n) is 70.2. The van der Waals surface area contributed by atoms with Gasteiger partial charge in [0.15, 0.2) is 33.1 Å². The van der Waals surface area contributed by atoms with Crippen molar-refractivity contribution in [2.45, 2.75) is 197 Å². The number of carbonyl (C=O) groups excluding carboxylic acids is 12. The Morgan fingerprint density at radius 1 is 0.792 bits per heavy atom. The molecule has 4 bridgehead atoms. The number of aromatic nitrogens is 2. The summed E-state index contributed by atoms with van der Waals surface area (Å²) in [5, 5.41) is 30.6. The molecule has 10 heterocycles. The molecular formula is C86H115N13O19S2. The van der Waals surface area contributed by atoms with Gasteiger partial charge in [0.05, 0.1) is 23.5 Å². The van der Waals surface area contributed by atoms with Gasteiger partial charge < -0.3 is 79.7 Å². The fourth-order valence-electron chi connectivity index (χ4n) is 16.7. The number of nitrogens with one attached hydrogen (secondary N) is 4. The summed E-state index contributed by atoms with van der Waals surface area (Å²) >= 11 is 1.62. The molecule has 34 heteroatoms. The van der Waals surface area contributed by atoms with Crippen molar-refractivity contribution in [1.82, 2.24) is 60.6 Å². The van der Waals surface area contributed by atoms with E-state index in [1.54, 1.807) is 81.1 Å². The molecule has 0 aliphatic carbocycles. The number of ketones is 2. The third kappa shape index (κ3) is 22.9. The Labute approximate surface area is 705 Å². The van der Waals surface area contributed by atoms with Crippen molar-refractivity contribution in [2.75, 3.05) is 96.5 Å². The van der Waals surface area contributed by atoms with E-state index < -0.39 is 152 Å². The van der Waals surface area contributed by atoms with Crippen molar-refractivity contribution in [3.63, 3.8) is 0 Å². The van der Waals surface area contributed by atoms with Crippen LogP contribution >= 0.6 is 11.8 Å². The second kappa shape index (κ2) is 41.9. The third-order valence-corrected chi connectivity index (χ3v) is 27.2. The summed E-state index contributed by atoms with van der Waals surface area (Å²) in [6, 6.07) is 7.65. The number of fused-ring (bicyclic) bond motifs is 8. The molecule has 8 aliphatic rings.